The average Bonchev–Trinajstić information content (AvgIpc) is 3.42. The van der Waals surface area contributed by atoms with Crippen LogP contribution in [-0.2, 0) is 4.74 Å². The molecule has 0 amide bonds. The predicted molar refractivity (Wildman–Crippen MR) is 118 cm³/mol. The van der Waals surface area contributed by atoms with E-state index in [-0.39, 0.29) is 5.75 Å². The number of rotatable bonds is 7. The van der Waals surface area contributed by atoms with Crippen molar-refractivity contribution in [2.24, 2.45) is 11.8 Å². The molecule has 2 unspecified atom stereocenters. The second-order valence-corrected chi connectivity index (χ2v) is 8.01. The van der Waals surface area contributed by atoms with Crippen LogP contribution in [0, 0.1) is 11.8 Å². The lowest BCUT2D eigenvalue weighted by molar-refractivity contribution is -0.0498. The number of nitrogens with zero attached hydrogens (tertiary/aromatic N) is 4. The molecule has 10 heteroatoms. The summed E-state index contributed by atoms with van der Waals surface area (Å²) in [4.78, 5) is 15.7. The van der Waals surface area contributed by atoms with E-state index < -0.39 is 6.61 Å². The van der Waals surface area contributed by atoms with Crippen LogP contribution in [0.3, 0.4) is 0 Å². The van der Waals surface area contributed by atoms with Gasteiger partial charge in [-0.05, 0) is 29.8 Å². The van der Waals surface area contributed by atoms with Gasteiger partial charge < -0.3 is 24.4 Å². The fourth-order valence-corrected chi connectivity index (χ4v) is 4.25. The first-order valence-corrected chi connectivity index (χ1v) is 10.6. The highest BCUT2D eigenvalue weighted by atomic mass is 19.3. The summed E-state index contributed by atoms with van der Waals surface area (Å²) in [6.45, 7) is 0.508. The van der Waals surface area contributed by atoms with E-state index in [0.717, 1.165) is 37.4 Å². The Labute approximate surface area is 189 Å². The lowest BCUT2D eigenvalue weighted by Gasteiger charge is -2.18. The van der Waals surface area contributed by atoms with Gasteiger partial charge in [0, 0.05) is 42.9 Å². The van der Waals surface area contributed by atoms with Crippen molar-refractivity contribution in [2.45, 2.75) is 6.61 Å². The van der Waals surface area contributed by atoms with Gasteiger partial charge in [-0.3, -0.25) is 0 Å². The van der Waals surface area contributed by atoms with E-state index in [1.807, 2.05) is 6.07 Å². The van der Waals surface area contributed by atoms with Crippen molar-refractivity contribution >= 4 is 17.5 Å². The number of nitrogens with one attached hydrogen (secondary N) is 1. The first-order chi connectivity index (χ1) is 16.1. The van der Waals surface area contributed by atoms with Crippen LogP contribution in [0.25, 0.3) is 11.1 Å². The molecule has 33 heavy (non-hydrogen) atoms. The number of hydrogen-bond acceptors (Lipinski definition) is 8. The molecule has 0 bridgehead atoms. The smallest absolute Gasteiger partial charge is 0.387 e. The Bertz CT molecular complexity index is 1100. The fraction of sp³-hybridized carbons (Fsp3) is 0.348. The summed E-state index contributed by atoms with van der Waals surface area (Å²) in [7, 11) is 1.54. The Balaban J connectivity index is 1.36. The zero-order chi connectivity index (χ0) is 22.8. The van der Waals surface area contributed by atoms with E-state index in [4.69, 9.17) is 9.47 Å². The highest BCUT2D eigenvalue weighted by Gasteiger charge is 2.38. The minimum absolute atomic E-state index is 0.0969. The zero-order valence-corrected chi connectivity index (χ0v) is 17.9. The zero-order valence-electron chi connectivity index (χ0n) is 17.9. The van der Waals surface area contributed by atoms with Crippen LogP contribution >= 0.6 is 0 Å². The van der Waals surface area contributed by atoms with Crippen molar-refractivity contribution in [3.8, 4) is 22.8 Å². The maximum absolute atomic E-state index is 12.4. The number of ether oxygens (including phenoxy) is 3. The summed E-state index contributed by atoms with van der Waals surface area (Å²) < 4.78 is 40.2. The minimum Gasteiger partial charge on any atom is -0.480 e. The van der Waals surface area contributed by atoms with Crippen molar-refractivity contribution < 1.29 is 23.0 Å². The number of anilines is 3. The van der Waals surface area contributed by atoms with Gasteiger partial charge in [0.25, 0.3) is 0 Å². The largest absolute Gasteiger partial charge is 0.480 e. The second kappa shape index (κ2) is 9.14. The van der Waals surface area contributed by atoms with Crippen LogP contribution < -0.4 is 19.7 Å². The molecule has 2 saturated heterocycles. The number of alkyl halides is 2. The maximum Gasteiger partial charge on any atom is 0.387 e. The number of fused-ring (bicyclic) bond motifs is 1. The van der Waals surface area contributed by atoms with E-state index in [0.29, 0.717) is 35.2 Å². The van der Waals surface area contributed by atoms with Gasteiger partial charge in [0.2, 0.25) is 11.8 Å². The lowest BCUT2D eigenvalue weighted by Crippen LogP contribution is -2.24. The van der Waals surface area contributed by atoms with E-state index in [2.05, 4.69) is 29.9 Å². The molecular weight excluding hydrogens is 432 g/mol. The highest BCUT2D eigenvalue weighted by molar-refractivity contribution is 5.72. The average molecular weight is 455 g/mol. The Morgan fingerprint density at radius 3 is 2.52 bits per heavy atom. The third-order valence-corrected chi connectivity index (χ3v) is 5.89. The summed E-state index contributed by atoms with van der Waals surface area (Å²) in [5.74, 6) is 2.86. The monoisotopic (exact) mass is 455 g/mol. The maximum atomic E-state index is 12.4. The standard InChI is InChI=1S/C23H23F2N5O3/c1-31-21-19(8-15(9-27-21)14-2-4-18(5-3-14)33-22(24)25)28-20-6-7-26-23(29-20)30-10-16-12-32-13-17(16)11-30/h2-9,16-17,22H,10-13H2,1H3,(H,26,28,29). The molecule has 4 heterocycles. The second-order valence-electron chi connectivity index (χ2n) is 8.01. The molecule has 2 fully saturated rings. The van der Waals surface area contributed by atoms with E-state index in [1.165, 1.54) is 12.1 Å². The van der Waals surface area contributed by atoms with E-state index in [9.17, 15) is 8.78 Å². The van der Waals surface area contributed by atoms with Gasteiger partial charge >= 0.3 is 6.61 Å². The third kappa shape index (κ3) is 4.65. The number of hydrogen-bond donors (Lipinski definition) is 1. The van der Waals surface area contributed by atoms with Crippen molar-refractivity contribution in [3.63, 3.8) is 0 Å². The molecule has 2 atom stereocenters. The summed E-state index contributed by atoms with van der Waals surface area (Å²) in [5, 5.41) is 3.27. The summed E-state index contributed by atoms with van der Waals surface area (Å²) in [6, 6.07) is 10.0. The Morgan fingerprint density at radius 1 is 1.06 bits per heavy atom. The Kier molecular flexibility index (Phi) is 5.91. The molecule has 1 N–H and O–H groups in total. The van der Waals surface area contributed by atoms with Gasteiger partial charge in [-0.15, -0.1) is 0 Å². The number of halogens is 2. The van der Waals surface area contributed by atoms with Crippen molar-refractivity contribution in [2.75, 3.05) is 43.6 Å². The topological polar surface area (TPSA) is 81.6 Å². The number of pyridine rings is 1. The molecule has 0 spiro atoms. The first kappa shape index (κ1) is 21.3. The Hall–Kier alpha value is -3.53. The molecule has 3 aromatic rings. The molecular formula is C23H23F2N5O3. The van der Waals surface area contributed by atoms with E-state index in [1.54, 1.807) is 37.7 Å². The number of aromatic nitrogens is 3. The van der Waals surface area contributed by atoms with Gasteiger partial charge in [-0.2, -0.15) is 13.8 Å². The van der Waals surface area contributed by atoms with E-state index >= 15 is 0 Å². The summed E-state index contributed by atoms with van der Waals surface area (Å²) >= 11 is 0. The molecule has 1 aromatic carbocycles. The third-order valence-electron chi connectivity index (χ3n) is 5.89. The predicted octanol–water partition coefficient (Wildman–Crippen LogP) is 3.97. The van der Waals surface area contributed by atoms with Crippen molar-refractivity contribution in [1.82, 2.24) is 15.0 Å². The van der Waals surface area contributed by atoms with Crippen LogP contribution in [-0.4, -0.2) is 55.0 Å². The van der Waals surface area contributed by atoms with Crippen LogP contribution in [0.15, 0.2) is 48.8 Å². The van der Waals surface area contributed by atoms with Gasteiger partial charge in [0.05, 0.1) is 20.3 Å². The SMILES string of the molecule is COc1ncc(-c2ccc(OC(F)F)cc2)cc1Nc1ccnc(N2CC3COCC3C2)n1. The van der Waals surface area contributed by atoms with Crippen LogP contribution in [0.1, 0.15) is 0 Å². The number of benzene rings is 1. The summed E-state index contributed by atoms with van der Waals surface area (Å²) in [6.07, 6.45) is 3.38. The molecule has 0 radical (unpaired) electrons. The van der Waals surface area contributed by atoms with Crippen molar-refractivity contribution in [3.05, 3.63) is 48.8 Å². The molecule has 2 aliphatic heterocycles. The molecule has 2 aromatic heterocycles. The fourth-order valence-electron chi connectivity index (χ4n) is 4.25. The van der Waals surface area contributed by atoms with Crippen LogP contribution in [0.4, 0.5) is 26.2 Å². The minimum atomic E-state index is -2.86. The molecule has 8 nitrogen and oxygen atoms in total. The first-order valence-electron chi connectivity index (χ1n) is 10.6. The van der Waals surface area contributed by atoms with Gasteiger partial charge in [-0.1, -0.05) is 12.1 Å². The summed E-state index contributed by atoms with van der Waals surface area (Å²) in [5.41, 5.74) is 2.20. The van der Waals surface area contributed by atoms with Gasteiger partial charge in [-0.25, -0.2) is 9.97 Å². The highest BCUT2D eigenvalue weighted by Crippen LogP contribution is 2.33. The number of methoxy groups -OCH3 is 1. The molecule has 2 aliphatic rings. The van der Waals surface area contributed by atoms with Gasteiger partial charge in [0.15, 0.2) is 0 Å². The molecule has 0 aliphatic carbocycles. The molecule has 5 rings (SSSR count). The van der Waals surface area contributed by atoms with Gasteiger partial charge in [0.1, 0.15) is 17.3 Å². The molecule has 0 saturated carbocycles. The van der Waals surface area contributed by atoms with Crippen molar-refractivity contribution in [1.29, 1.82) is 0 Å². The Morgan fingerprint density at radius 2 is 1.82 bits per heavy atom. The quantitative estimate of drug-likeness (QED) is 0.573. The lowest BCUT2D eigenvalue weighted by atomic mass is 10.0. The molecule has 172 valence electrons. The van der Waals surface area contributed by atoms with Crippen LogP contribution in [0.2, 0.25) is 0 Å². The van der Waals surface area contributed by atoms with Crippen LogP contribution in [0.5, 0.6) is 11.6 Å². The normalized spacial score (nSPS) is 19.6.